The monoisotopic (exact) mass is 181 g/mol. The summed E-state index contributed by atoms with van der Waals surface area (Å²) >= 11 is 0. The lowest BCUT2D eigenvalue weighted by molar-refractivity contribution is 0.284. The molecular weight excluding hydrogens is 162 g/mol. The van der Waals surface area contributed by atoms with Crippen LogP contribution in [0.1, 0.15) is 32.0 Å². The molecule has 3 heteroatoms. The normalized spacial score (nSPS) is 13.6. The van der Waals surface area contributed by atoms with E-state index in [1.54, 1.807) is 0 Å². The van der Waals surface area contributed by atoms with Crippen molar-refractivity contribution in [2.75, 3.05) is 14.1 Å². The van der Waals surface area contributed by atoms with Crippen LogP contribution in [0.25, 0.3) is 0 Å². The zero-order valence-electron chi connectivity index (χ0n) is 8.99. The molecule has 0 saturated carbocycles. The second kappa shape index (κ2) is 4.42. The van der Waals surface area contributed by atoms with E-state index in [1.807, 2.05) is 10.9 Å². The second-order valence-corrected chi connectivity index (χ2v) is 3.48. The van der Waals surface area contributed by atoms with E-state index in [0.717, 1.165) is 13.0 Å². The molecule has 1 atom stereocenters. The van der Waals surface area contributed by atoms with E-state index in [0.29, 0.717) is 6.04 Å². The van der Waals surface area contributed by atoms with Crippen LogP contribution in [0, 0.1) is 0 Å². The molecule has 0 aromatic carbocycles. The molecule has 0 N–H and O–H groups in total. The van der Waals surface area contributed by atoms with Crippen LogP contribution in [0.4, 0.5) is 0 Å². The molecule has 1 heterocycles. The van der Waals surface area contributed by atoms with Crippen LogP contribution in [0.2, 0.25) is 0 Å². The minimum Gasteiger partial charge on any atom is -0.301 e. The first-order chi connectivity index (χ1) is 6.19. The quantitative estimate of drug-likeness (QED) is 0.707. The highest BCUT2D eigenvalue weighted by molar-refractivity contribution is 5.05. The maximum absolute atomic E-state index is 4.50. The topological polar surface area (TPSA) is 21.1 Å². The maximum Gasteiger partial charge on any atom is 0.0795 e. The average molecular weight is 181 g/mol. The lowest BCUT2D eigenvalue weighted by Crippen LogP contribution is -2.19. The van der Waals surface area contributed by atoms with Crippen LogP contribution in [0.3, 0.4) is 0 Å². The fourth-order valence-electron chi connectivity index (χ4n) is 1.57. The second-order valence-electron chi connectivity index (χ2n) is 3.48. The third kappa shape index (κ3) is 2.31. The van der Waals surface area contributed by atoms with Gasteiger partial charge in [0.25, 0.3) is 0 Å². The molecule has 74 valence electrons. The predicted molar refractivity (Wildman–Crippen MR) is 54.6 cm³/mol. The summed E-state index contributed by atoms with van der Waals surface area (Å²) in [7, 11) is 4.19. The van der Waals surface area contributed by atoms with Gasteiger partial charge < -0.3 is 4.90 Å². The lowest BCUT2D eigenvalue weighted by atomic mass is 10.1. The van der Waals surface area contributed by atoms with Crippen molar-refractivity contribution in [2.24, 2.45) is 0 Å². The molecular formula is C10H19N3. The summed E-state index contributed by atoms with van der Waals surface area (Å²) in [5.74, 6) is 0. The Kier molecular flexibility index (Phi) is 3.48. The standard InChI is InChI=1S/C10H19N3/c1-5-10(12(3)4)9-7-8-13(6-2)11-9/h7-8,10H,5-6H2,1-4H3. The summed E-state index contributed by atoms with van der Waals surface area (Å²) in [6.45, 7) is 5.24. The van der Waals surface area contributed by atoms with Crippen LogP contribution in [-0.4, -0.2) is 28.8 Å². The van der Waals surface area contributed by atoms with Crippen molar-refractivity contribution in [2.45, 2.75) is 32.9 Å². The van der Waals surface area contributed by atoms with Gasteiger partial charge in [-0.15, -0.1) is 0 Å². The zero-order valence-corrected chi connectivity index (χ0v) is 8.99. The molecule has 0 fully saturated rings. The zero-order chi connectivity index (χ0) is 9.84. The highest BCUT2D eigenvalue weighted by Gasteiger charge is 2.13. The Bertz CT molecular complexity index is 252. The minimum absolute atomic E-state index is 0.452. The smallest absolute Gasteiger partial charge is 0.0795 e. The first-order valence-electron chi connectivity index (χ1n) is 4.88. The fraction of sp³-hybridized carbons (Fsp3) is 0.700. The van der Waals surface area contributed by atoms with Crippen LogP contribution in [0.15, 0.2) is 12.3 Å². The number of aryl methyl sites for hydroxylation is 1. The van der Waals surface area contributed by atoms with Gasteiger partial charge in [0.05, 0.1) is 11.7 Å². The number of hydrogen-bond donors (Lipinski definition) is 0. The van der Waals surface area contributed by atoms with E-state index in [9.17, 15) is 0 Å². The van der Waals surface area contributed by atoms with E-state index in [-0.39, 0.29) is 0 Å². The minimum atomic E-state index is 0.452. The molecule has 0 aliphatic rings. The number of nitrogens with zero attached hydrogens (tertiary/aromatic N) is 3. The molecule has 1 aromatic heterocycles. The van der Waals surface area contributed by atoms with Gasteiger partial charge in [-0.05, 0) is 33.5 Å². The molecule has 0 amide bonds. The van der Waals surface area contributed by atoms with Crippen molar-refractivity contribution in [1.29, 1.82) is 0 Å². The van der Waals surface area contributed by atoms with Crippen molar-refractivity contribution in [3.63, 3.8) is 0 Å². The van der Waals surface area contributed by atoms with Crippen LogP contribution in [0.5, 0.6) is 0 Å². The first kappa shape index (κ1) is 10.3. The van der Waals surface area contributed by atoms with Crippen molar-refractivity contribution in [1.82, 2.24) is 14.7 Å². The van der Waals surface area contributed by atoms with E-state index in [4.69, 9.17) is 0 Å². The van der Waals surface area contributed by atoms with Gasteiger partial charge in [0.2, 0.25) is 0 Å². The number of hydrogen-bond acceptors (Lipinski definition) is 2. The molecule has 1 unspecified atom stereocenters. The Labute approximate surface area is 80.4 Å². The van der Waals surface area contributed by atoms with Gasteiger partial charge in [-0.2, -0.15) is 5.10 Å². The molecule has 0 radical (unpaired) electrons. The van der Waals surface area contributed by atoms with Gasteiger partial charge in [-0.1, -0.05) is 6.92 Å². The fourth-order valence-corrected chi connectivity index (χ4v) is 1.57. The van der Waals surface area contributed by atoms with Crippen molar-refractivity contribution in [3.8, 4) is 0 Å². The summed E-state index contributed by atoms with van der Waals surface area (Å²) in [6.07, 6.45) is 3.15. The SMILES string of the molecule is CCC(c1ccn(CC)n1)N(C)C. The summed E-state index contributed by atoms with van der Waals surface area (Å²) in [5, 5.41) is 4.50. The summed E-state index contributed by atoms with van der Waals surface area (Å²) in [6, 6.07) is 2.56. The highest BCUT2D eigenvalue weighted by Crippen LogP contribution is 2.18. The summed E-state index contributed by atoms with van der Waals surface area (Å²) < 4.78 is 1.97. The first-order valence-corrected chi connectivity index (χ1v) is 4.88. The van der Waals surface area contributed by atoms with Gasteiger partial charge in [0.15, 0.2) is 0 Å². The van der Waals surface area contributed by atoms with Gasteiger partial charge in [-0.25, -0.2) is 0 Å². The Morgan fingerprint density at radius 3 is 2.54 bits per heavy atom. The van der Waals surface area contributed by atoms with Gasteiger partial charge in [0, 0.05) is 12.7 Å². The van der Waals surface area contributed by atoms with Gasteiger partial charge >= 0.3 is 0 Å². The third-order valence-corrected chi connectivity index (χ3v) is 2.34. The molecule has 0 bridgehead atoms. The molecule has 0 aliphatic heterocycles. The average Bonchev–Trinajstić information content (AvgIpc) is 2.53. The van der Waals surface area contributed by atoms with Crippen molar-refractivity contribution < 1.29 is 0 Å². The third-order valence-electron chi connectivity index (χ3n) is 2.34. The van der Waals surface area contributed by atoms with Crippen molar-refractivity contribution in [3.05, 3.63) is 18.0 Å². The Morgan fingerprint density at radius 2 is 2.15 bits per heavy atom. The molecule has 0 spiro atoms. The van der Waals surface area contributed by atoms with Crippen LogP contribution in [-0.2, 0) is 6.54 Å². The van der Waals surface area contributed by atoms with E-state index < -0.39 is 0 Å². The number of aromatic nitrogens is 2. The molecule has 0 aliphatic carbocycles. The summed E-state index contributed by atoms with van der Waals surface area (Å²) in [5.41, 5.74) is 1.18. The van der Waals surface area contributed by atoms with Crippen LogP contribution >= 0.6 is 0 Å². The Morgan fingerprint density at radius 1 is 1.46 bits per heavy atom. The largest absolute Gasteiger partial charge is 0.301 e. The number of rotatable bonds is 4. The van der Waals surface area contributed by atoms with E-state index >= 15 is 0 Å². The molecule has 3 nitrogen and oxygen atoms in total. The lowest BCUT2D eigenvalue weighted by Gasteiger charge is -2.20. The van der Waals surface area contributed by atoms with E-state index in [1.165, 1.54) is 5.69 Å². The Hall–Kier alpha value is -0.830. The predicted octanol–water partition coefficient (Wildman–Crippen LogP) is 1.92. The molecule has 1 aromatic rings. The van der Waals surface area contributed by atoms with Gasteiger partial charge in [0.1, 0.15) is 0 Å². The molecule has 13 heavy (non-hydrogen) atoms. The van der Waals surface area contributed by atoms with Crippen LogP contribution < -0.4 is 0 Å². The maximum atomic E-state index is 4.50. The summed E-state index contributed by atoms with van der Waals surface area (Å²) in [4.78, 5) is 2.21. The van der Waals surface area contributed by atoms with E-state index in [2.05, 4.69) is 44.0 Å². The highest BCUT2D eigenvalue weighted by atomic mass is 15.3. The molecule has 1 rings (SSSR count). The Balaban J connectivity index is 2.79. The van der Waals surface area contributed by atoms with Crippen molar-refractivity contribution >= 4 is 0 Å². The molecule has 0 saturated heterocycles. The van der Waals surface area contributed by atoms with Gasteiger partial charge in [-0.3, -0.25) is 4.68 Å².